The van der Waals surface area contributed by atoms with Crippen LogP contribution in [0.1, 0.15) is 32.3 Å². The van der Waals surface area contributed by atoms with Crippen molar-refractivity contribution in [3.63, 3.8) is 0 Å². The first-order valence-corrected chi connectivity index (χ1v) is 10.2. The van der Waals surface area contributed by atoms with E-state index in [0.717, 1.165) is 12.8 Å². The fourth-order valence-corrected chi connectivity index (χ4v) is 4.60. The Bertz CT molecular complexity index is 766. The van der Waals surface area contributed by atoms with Gasteiger partial charge >= 0.3 is 5.97 Å². The van der Waals surface area contributed by atoms with Crippen LogP contribution in [-0.2, 0) is 26.0 Å². The molecule has 1 aromatic rings. The van der Waals surface area contributed by atoms with Crippen molar-refractivity contribution in [1.82, 2.24) is 4.31 Å². The molecule has 6 nitrogen and oxygen atoms in total. The molecule has 9 heteroatoms. The number of nitrogens with zero attached hydrogens (tertiary/aromatic N) is 1. The van der Waals surface area contributed by atoms with Gasteiger partial charge in [-0.15, -0.1) is 0 Å². The van der Waals surface area contributed by atoms with Gasteiger partial charge in [0.25, 0.3) is 0 Å². The Labute approximate surface area is 158 Å². The number of hydrogen-bond donors (Lipinski definition) is 0. The maximum absolute atomic E-state index is 12.8. The van der Waals surface area contributed by atoms with Gasteiger partial charge in [0.2, 0.25) is 10.0 Å². The van der Waals surface area contributed by atoms with Crippen molar-refractivity contribution < 1.29 is 22.7 Å². The highest BCUT2D eigenvalue weighted by Crippen LogP contribution is 2.44. The third kappa shape index (κ3) is 4.05. The summed E-state index contributed by atoms with van der Waals surface area (Å²) < 4.78 is 37.3. The third-order valence-corrected chi connectivity index (χ3v) is 6.78. The van der Waals surface area contributed by atoms with E-state index in [1.54, 1.807) is 6.92 Å². The number of halogens is 2. The smallest absolute Gasteiger partial charge is 0.347 e. The fourth-order valence-electron chi connectivity index (χ4n) is 2.52. The molecule has 0 saturated heterocycles. The Balaban J connectivity index is 2.38. The highest BCUT2D eigenvalue weighted by atomic mass is 35.5. The molecule has 0 spiro atoms. The van der Waals surface area contributed by atoms with E-state index in [1.807, 2.05) is 6.92 Å². The van der Waals surface area contributed by atoms with Gasteiger partial charge < -0.3 is 9.47 Å². The second kappa shape index (κ2) is 8.12. The number of carbonyl (C=O) groups is 1. The lowest BCUT2D eigenvalue weighted by molar-refractivity contribution is -0.150. The lowest BCUT2D eigenvalue weighted by Gasteiger charge is -2.19. The SMILES string of the molecule is CCCCN(C)S(=O)(=O)c1cc2c(c(Cl)c1Cl)OC(C(=O)OCC)C2. The number of rotatable bonds is 7. The van der Waals surface area contributed by atoms with Crippen molar-refractivity contribution in [3.8, 4) is 5.75 Å². The summed E-state index contributed by atoms with van der Waals surface area (Å²) >= 11 is 12.4. The highest BCUT2D eigenvalue weighted by Gasteiger charge is 2.36. The zero-order valence-corrected chi connectivity index (χ0v) is 16.7. The summed E-state index contributed by atoms with van der Waals surface area (Å²) in [6.45, 7) is 4.28. The first-order valence-electron chi connectivity index (χ1n) is 8.04. The number of hydrogen-bond acceptors (Lipinski definition) is 5. The molecule has 140 valence electrons. The summed E-state index contributed by atoms with van der Waals surface area (Å²) in [5.41, 5.74) is 0.523. The van der Waals surface area contributed by atoms with Crippen LogP contribution in [0.3, 0.4) is 0 Å². The molecule has 1 aliphatic rings. The number of esters is 1. The van der Waals surface area contributed by atoms with Crippen molar-refractivity contribution >= 4 is 39.2 Å². The summed E-state index contributed by atoms with van der Waals surface area (Å²) in [6, 6.07) is 1.43. The molecule has 0 saturated carbocycles. The van der Waals surface area contributed by atoms with Crippen molar-refractivity contribution in [2.24, 2.45) is 0 Å². The van der Waals surface area contributed by atoms with Crippen molar-refractivity contribution in [2.75, 3.05) is 20.2 Å². The van der Waals surface area contributed by atoms with Gasteiger partial charge in [-0.2, -0.15) is 0 Å². The van der Waals surface area contributed by atoms with E-state index in [2.05, 4.69) is 0 Å². The van der Waals surface area contributed by atoms with Crippen LogP contribution in [0.4, 0.5) is 0 Å². The Morgan fingerprint density at radius 3 is 2.64 bits per heavy atom. The molecule has 1 aromatic carbocycles. The van der Waals surface area contributed by atoms with Crippen molar-refractivity contribution in [3.05, 3.63) is 21.7 Å². The van der Waals surface area contributed by atoms with Gasteiger partial charge in [-0.25, -0.2) is 17.5 Å². The van der Waals surface area contributed by atoms with E-state index in [0.29, 0.717) is 12.1 Å². The van der Waals surface area contributed by atoms with Crippen LogP contribution in [0.25, 0.3) is 0 Å². The number of carbonyl (C=O) groups excluding carboxylic acids is 1. The second-order valence-corrected chi connectivity index (χ2v) is 8.50. The largest absolute Gasteiger partial charge is 0.476 e. The summed E-state index contributed by atoms with van der Waals surface area (Å²) in [6.07, 6.45) is 0.944. The minimum Gasteiger partial charge on any atom is -0.476 e. The number of fused-ring (bicyclic) bond motifs is 1. The first kappa shape index (κ1) is 20.3. The molecule has 1 heterocycles. The molecule has 2 rings (SSSR count). The molecule has 0 amide bonds. The maximum atomic E-state index is 12.8. The first-order chi connectivity index (χ1) is 11.7. The van der Waals surface area contributed by atoms with Gasteiger partial charge in [0.1, 0.15) is 15.7 Å². The average Bonchev–Trinajstić information content (AvgIpc) is 3.00. The van der Waals surface area contributed by atoms with E-state index in [1.165, 1.54) is 17.4 Å². The molecule has 1 unspecified atom stereocenters. The zero-order chi connectivity index (χ0) is 18.8. The molecule has 1 atom stereocenters. The molecule has 0 N–H and O–H groups in total. The second-order valence-electron chi connectivity index (χ2n) is 5.73. The van der Waals surface area contributed by atoms with E-state index < -0.39 is 22.1 Å². The molecule has 25 heavy (non-hydrogen) atoms. The van der Waals surface area contributed by atoms with Crippen molar-refractivity contribution in [2.45, 2.75) is 44.1 Å². The van der Waals surface area contributed by atoms with Crippen molar-refractivity contribution in [1.29, 1.82) is 0 Å². The molecular weight excluding hydrogens is 389 g/mol. The standard InChI is InChI=1S/C16H21Cl2NO5S/c1-4-6-7-19(3)25(21,22)12-9-10-8-11(16(20)23-5-2)24-15(10)14(18)13(12)17/h9,11H,4-8H2,1-3H3. The van der Waals surface area contributed by atoms with E-state index in [4.69, 9.17) is 32.7 Å². The van der Waals surface area contributed by atoms with Gasteiger partial charge in [-0.05, 0) is 19.4 Å². The molecular formula is C16H21Cl2NO5S. The Morgan fingerprint density at radius 2 is 2.04 bits per heavy atom. The molecule has 1 aliphatic heterocycles. The predicted octanol–water partition coefficient (Wildman–Crippen LogP) is 3.28. The van der Waals surface area contributed by atoms with Crippen LogP contribution < -0.4 is 4.74 Å². The Hall–Kier alpha value is -1.02. The normalized spacial score (nSPS) is 16.6. The van der Waals surface area contributed by atoms with Gasteiger partial charge in [-0.1, -0.05) is 36.5 Å². The molecule has 0 aliphatic carbocycles. The van der Waals surface area contributed by atoms with Crippen LogP contribution >= 0.6 is 23.2 Å². The maximum Gasteiger partial charge on any atom is 0.347 e. The van der Waals surface area contributed by atoms with Gasteiger partial charge in [0.15, 0.2) is 6.10 Å². The number of sulfonamides is 1. The van der Waals surface area contributed by atoms with E-state index >= 15 is 0 Å². The Kier molecular flexibility index (Phi) is 6.59. The van der Waals surface area contributed by atoms with E-state index in [-0.39, 0.29) is 33.7 Å². The van der Waals surface area contributed by atoms with Crippen LogP contribution in [0.2, 0.25) is 10.0 Å². The topological polar surface area (TPSA) is 72.9 Å². The molecule has 0 aromatic heterocycles. The number of benzene rings is 1. The highest BCUT2D eigenvalue weighted by molar-refractivity contribution is 7.89. The number of ether oxygens (including phenoxy) is 2. The summed E-state index contributed by atoms with van der Waals surface area (Å²) in [4.78, 5) is 11.8. The monoisotopic (exact) mass is 409 g/mol. The third-order valence-electron chi connectivity index (χ3n) is 3.94. The predicted molar refractivity (Wildman–Crippen MR) is 95.9 cm³/mol. The van der Waals surface area contributed by atoms with Gasteiger partial charge in [-0.3, -0.25) is 0 Å². The Morgan fingerprint density at radius 1 is 1.36 bits per heavy atom. The fraction of sp³-hybridized carbons (Fsp3) is 0.562. The van der Waals surface area contributed by atoms with Gasteiger partial charge in [0.05, 0.1) is 11.6 Å². The minimum atomic E-state index is -3.79. The van der Waals surface area contributed by atoms with Crippen LogP contribution in [0.15, 0.2) is 11.0 Å². The average molecular weight is 410 g/mol. The van der Waals surface area contributed by atoms with Crippen LogP contribution in [0, 0.1) is 0 Å². The molecule has 0 bridgehead atoms. The lowest BCUT2D eigenvalue weighted by Crippen LogP contribution is -2.28. The van der Waals surface area contributed by atoms with Crippen LogP contribution in [0.5, 0.6) is 5.75 Å². The molecule has 0 radical (unpaired) electrons. The minimum absolute atomic E-state index is 0.00608. The summed E-state index contributed by atoms with van der Waals surface area (Å²) in [5.74, 6) is -0.282. The van der Waals surface area contributed by atoms with Gasteiger partial charge in [0, 0.05) is 25.6 Å². The summed E-state index contributed by atoms with van der Waals surface area (Å²) in [7, 11) is -2.29. The quantitative estimate of drug-likeness (QED) is 0.645. The lowest BCUT2D eigenvalue weighted by atomic mass is 10.1. The van der Waals surface area contributed by atoms with Crippen LogP contribution in [-0.4, -0.2) is 45.0 Å². The number of unbranched alkanes of at least 4 members (excludes halogenated alkanes) is 1. The zero-order valence-electron chi connectivity index (χ0n) is 14.3. The molecule has 0 fully saturated rings. The van der Waals surface area contributed by atoms with E-state index in [9.17, 15) is 13.2 Å². The summed E-state index contributed by atoms with van der Waals surface area (Å²) in [5, 5.41) is -0.110.